The third-order valence-electron chi connectivity index (χ3n) is 3.95. The molecule has 0 aliphatic heterocycles. The number of carbonyl (C=O) groups is 2. The Labute approximate surface area is 145 Å². The quantitative estimate of drug-likeness (QED) is 0.600. The van der Waals surface area contributed by atoms with Crippen molar-refractivity contribution in [3.63, 3.8) is 0 Å². The number of benzene rings is 1. The van der Waals surface area contributed by atoms with Crippen LogP contribution in [0.1, 0.15) is 45.6 Å². The number of nitrogens with one attached hydrogen (secondary N) is 1. The number of ketones is 1. The highest BCUT2D eigenvalue weighted by atomic mass is 16.2. The van der Waals surface area contributed by atoms with Crippen molar-refractivity contribution in [3.05, 3.63) is 35.9 Å². The first-order valence-electron chi connectivity index (χ1n) is 8.60. The molecule has 5 nitrogen and oxygen atoms in total. The van der Waals surface area contributed by atoms with E-state index in [2.05, 4.69) is 5.32 Å². The van der Waals surface area contributed by atoms with E-state index in [1.54, 1.807) is 0 Å². The summed E-state index contributed by atoms with van der Waals surface area (Å²) in [6.45, 7) is 6.17. The second-order valence-electron chi connectivity index (χ2n) is 7.26. The monoisotopic (exact) mass is 333 g/mol. The third-order valence-corrected chi connectivity index (χ3v) is 3.95. The van der Waals surface area contributed by atoms with Gasteiger partial charge in [0.2, 0.25) is 5.91 Å². The molecule has 2 atom stereocenters. The van der Waals surface area contributed by atoms with E-state index in [0.717, 1.165) is 18.4 Å². The fourth-order valence-electron chi connectivity index (χ4n) is 2.52. The third kappa shape index (κ3) is 6.81. The summed E-state index contributed by atoms with van der Waals surface area (Å²) in [4.78, 5) is 25.0. The maximum absolute atomic E-state index is 12.6. The van der Waals surface area contributed by atoms with Crippen molar-refractivity contribution in [2.45, 2.75) is 58.5 Å². The van der Waals surface area contributed by atoms with Crippen LogP contribution >= 0.6 is 0 Å². The molecule has 0 bridgehead atoms. The van der Waals surface area contributed by atoms with Gasteiger partial charge in [0.15, 0.2) is 5.78 Å². The molecule has 0 fully saturated rings. The van der Waals surface area contributed by atoms with Gasteiger partial charge in [-0.05, 0) is 37.8 Å². The predicted molar refractivity (Wildman–Crippen MR) is 97.4 cm³/mol. The maximum Gasteiger partial charge on any atom is 0.237 e. The van der Waals surface area contributed by atoms with Crippen LogP contribution in [-0.2, 0) is 16.0 Å². The van der Waals surface area contributed by atoms with Crippen molar-refractivity contribution in [1.29, 1.82) is 0 Å². The van der Waals surface area contributed by atoms with Gasteiger partial charge in [-0.25, -0.2) is 0 Å². The molecule has 1 rings (SSSR count). The Hall–Kier alpha value is -1.72. The van der Waals surface area contributed by atoms with Crippen molar-refractivity contribution in [1.82, 2.24) is 5.32 Å². The summed E-state index contributed by atoms with van der Waals surface area (Å²) in [7, 11) is 0. The largest absolute Gasteiger partial charge is 0.345 e. The highest BCUT2D eigenvalue weighted by molar-refractivity contribution is 5.93. The fraction of sp³-hybridized carbons (Fsp3) is 0.579. The van der Waals surface area contributed by atoms with Crippen LogP contribution in [0, 0.1) is 5.41 Å². The van der Waals surface area contributed by atoms with Gasteiger partial charge in [0.05, 0.1) is 12.1 Å². The number of amides is 1. The number of hydrogen-bond donors (Lipinski definition) is 3. The van der Waals surface area contributed by atoms with Crippen molar-refractivity contribution < 1.29 is 9.59 Å². The molecule has 0 heterocycles. The molecule has 5 heteroatoms. The molecule has 0 saturated carbocycles. The van der Waals surface area contributed by atoms with Crippen LogP contribution in [-0.4, -0.2) is 30.3 Å². The Morgan fingerprint density at radius 1 is 1.12 bits per heavy atom. The Kier molecular flexibility index (Phi) is 8.08. The van der Waals surface area contributed by atoms with E-state index in [9.17, 15) is 9.59 Å². The highest BCUT2D eigenvalue weighted by Crippen LogP contribution is 2.19. The molecular formula is C19H31N3O2. The summed E-state index contributed by atoms with van der Waals surface area (Å²) in [6, 6.07) is 8.45. The lowest BCUT2D eigenvalue weighted by atomic mass is 9.84. The highest BCUT2D eigenvalue weighted by Gasteiger charge is 2.31. The van der Waals surface area contributed by atoms with Crippen LogP contribution in [0.15, 0.2) is 30.3 Å². The minimum Gasteiger partial charge on any atom is -0.345 e. The van der Waals surface area contributed by atoms with Gasteiger partial charge in [0.1, 0.15) is 0 Å². The summed E-state index contributed by atoms with van der Waals surface area (Å²) >= 11 is 0. The lowest BCUT2D eigenvalue weighted by molar-refractivity contribution is -0.133. The summed E-state index contributed by atoms with van der Waals surface area (Å²) in [5.41, 5.74) is 12.0. The summed E-state index contributed by atoms with van der Waals surface area (Å²) in [6.07, 6.45) is 2.68. The van der Waals surface area contributed by atoms with Crippen molar-refractivity contribution in [2.24, 2.45) is 16.9 Å². The zero-order chi connectivity index (χ0) is 18.2. The maximum atomic E-state index is 12.6. The molecule has 1 amide bonds. The molecule has 0 aromatic heterocycles. The minimum absolute atomic E-state index is 0.0276. The minimum atomic E-state index is -0.669. The molecule has 1 aromatic rings. The summed E-state index contributed by atoms with van der Waals surface area (Å²) in [5, 5.41) is 2.85. The number of hydrogen-bond acceptors (Lipinski definition) is 4. The molecule has 134 valence electrons. The fourth-order valence-corrected chi connectivity index (χ4v) is 2.52. The average Bonchev–Trinajstić information content (AvgIpc) is 2.53. The molecule has 5 N–H and O–H groups in total. The molecule has 0 saturated heterocycles. The van der Waals surface area contributed by atoms with Crippen LogP contribution in [0.4, 0.5) is 0 Å². The first-order chi connectivity index (χ1) is 11.3. The molecule has 0 radical (unpaired) electrons. The van der Waals surface area contributed by atoms with E-state index in [1.165, 1.54) is 0 Å². The number of Topliss-reactive ketones (excluding diaryl/α,β-unsaturated/α-hetero) is 1. The van der Waals surface area contributed by atoms with E-state index in [4.69, 9.17) is 11.5 Å². The number of nitrogens with two attached hydrogens (primary N) is 2. The van der Waals surface area contributed by atoms with Crippen LogP contribution in [0.25, 0.3) is 0 Å². The van der Waals surface area contributed by atoms with Gasteiger partial charge >= 0.3 is 0 Å². The normalized spacial score (nSPS) is 14.0. The lowest BCUT2D eigenvalue weighted by Crippen LogP contribution is -2.51. The molecule has 2 unspecified atom stereocenters. The van der Waals surface area contributed by atoms with Crippen molar-refractivity contribution in [3.8, 4) is 0 Å². The van der Waals surface area contributed by atoms with Crippen LogP contribution < -0.4 is 16.8 Å². The molecule has 0 aliphatic carbocycles. The van der Waals surface area contributed by atoms with Gasteiger partial charge in [-0.1, -0.05) is 51.1 Å². The first kappa shape index (κ1) is 20.3. The van der Waals surface area contributed by atoms with E-state index in [-0.39, 0.29) is 11.7 Å². The summed E-state index contributed by atoms with van der Waals surface area (Å²) in [5.74, 6) is -0.256. The Balaban J connectivity index is 2.69. The van der Waals surface area contributed by atoms with Crippen LogP contribution in [0.2, 0.25) is 0 Å². The topological polar surface area (TPSA) is 98.2 Å². The molecule has 1 aromatic carbocycles. The van der Waals surface area contributed by atoms with E-state index < -0.39 is 17.5 Å². The number of rotatable bonds is 9. The van der Waals surface area contributed by atoms with Crippen LogP contribution in [0.5, 0.6) is 0 Å². The van der Waals surface area contributed by atoms with Gasteiger partial charge in [-0.2, -0.15) is 0 Å². The second-order valence-corrected chi connectivity index (χ2v) is 7.26. The molecule has 0 aliphatic rings. The molecule has 24 heavy (non-hydrogen) atoms. The van der Waals surface area contributed by atoms with Crippen molar-refractivity contribution >= 4 is 11.7 Å². The number of unbranched alkanes of at least 4 members (excludes halogenated alkanes) is 1. The van der Waals surface area contributed by atoms with Gasteiger partial charge in [-0.3, -0.25) is 9.59 Å². The lowest BCUT2D eigenvalue weighted by Gasteiger charge is -2.26. The SMILES string of the molecule is CC(C)(C)C(=O)C(CCCCN)NC(=O)C(N)Cc1ccccc1. The Morgan fingerprint density at radius 2 is 1.75 bits per heavy atom. The Bertz CT molecular complexity index is 523. The van der Waals surface area contributed by atoms with Crippen molar-refractivity contribution in [2.75, 3.05) is 6.54 Å². The van der Waals surface area contributed by atoms with Gasteiger partial charge in [0, 0.05) is 5.41 Å². The zero-order valence-electron chi connectivity index (χ0n) is 15.0. The summed E-state index contributed by atoms with van der Waals surface area (Å²) < 4.78 is 0. The van der Waals surface area contributed by atoms with Gasteiger partial charge < -0.3 is 16.8 Å². The van der Waals surface area contributed by atoms with E-state index in [1.807, 2.05) is 51.1 Å². The zero-order valence-corrected chi connectivity index (χ0v) is 15.0. The molecule has 0 spiro atoms. The van der Waals surface area contributed by atoms with E-state index >= 15 is 0 Å². The van der Waals surface area contributed by atoms with Crippen LogP contribution in [0.3, 0.4) is 0 Å². The first-order valence-corrected chi connectivity index (χ1v) is 8.60. The Morgan fingerprint density at radius 3 is 2.29 bits per heavy atom. The predicted octanol–water partition coefficient (Wildman–Crippen LogP) is 1.79. The standard InChI is InChI=1S/C19H31N3O2/c1-19(2,3)17(23)16(11-7-8-12-20)22-18(24)15(21)13-14-9-5-4-6-10-14/h4-6,9-10,15-16H,7-8,11-13,20-21H2,1-3H3,(H,22,24). The number of carbonyl (C=O) groups excluding carboxylic acids is 2. The van der Waals surface area contributed by atoms with Gasteiger partial charge in [-0.15, -0.1) is 0 Å². The second kappa shape index (κ2) is 9.55. The smallest absolute Gasteiger partial charge is 0.237 e. The average molecular weight is 333 g/mol. The van der Waals surface area contributed by atoms with Gasteiger partial charge in [0.25, 0.3) is 0 Å². The van der Waals surface area contributed by atoms with E-state index in [0.29, 0.717) is 19.4 Å². The molecular weight excluding hydrogens is 302 g/mol.